The minimum atomic E-state index is -1.05. The van der Waals surface area contributed by atoms with Gasteiger partial charge in [0.1, 0.15) is 23.3 Å². The van der Waals surface area contributed by atoms with Crippen molar-refractivity contribution >= 4 is 58.2 Å². The lowest BCUT2D eigenvalue weighted by Crippen LogP contribution is -2.31. The summed E-state index contributed by atoms with van der Waals surface area (Å²) in [4.78, 5) is 35.5. The van der Waals surface area contributed by atoms with Crippen LogP contribution in [0.3, 0.4) is 0 Å². The summed E-state index contributed by atoms with van der Waals surface area (Å²) in [6.45, 7) is 0. The fraction of sp³-hybridized carbons (Fsp3) is 0.105. The van der Waals surface area contributed by atoms with Gasteiger partial charge in [0.15, 0.2) is 0 Å². The van der Waals surface area contributed by atoms with Crippen LogP contribution in [0.15, 0.2) is 49.1 Å². The standard InChI is InChI=1S/C19H14Cl3N5O3/c20-12-7-23-8-13(21)17(12)18(28)26-11-3-1-10(2-4-11)5-14(19(29)30)27-16-6-15(22)24-9-25-16/h1-4,6-9,14H,5H2,(H,26,28)(H,29,30)(H,24,25,27)/t14-/m0/s1. The van der Waals surface area contributed by atoms with Crippen molar-refractivity contribution in [1.82, 2.24) is 15.0 Å². The number of anilines is 2. The van der Waals surface area contributed by atoms with Crippen LogP contribution in [-0.2, 0) is 11.2 Å². The van der Waals surface area contributed by atoms with E-state index < -0.39 is 17.9 Å². The van der Waals surface area contributed by atoms with Crippen molar-refractivity contribution in [2.24, 2.45) is 0 Å². The molecule has 0 unspecified atom stereocenters. The summed E-state index contributed by atoms with van der Waals surface area (Å²) in [6, 6.07) is 7.20. The highest BCUT2D eigenvalue weighted by Gasteiger charge is 2.19. The molecule has 30 heavy (non-hydrogen) atoms. The summed E-state index contributed by atoms with van der Waals surface area (Å²) < 4.78 is 0. The molecule has 0 radical (unpaired) electrons. The van der Waals surface area contributed by atoms with E-state index in [1.807, 2.05) is 0 Å². The molecule has 0 fully saturated rings. The van der Waals surface area contributed by atoms with Crippen LogP contribution in [0, 0.1) is 0 Å². The molecule has 0 aliphatic rings. The fourth-order valence-corrected chi connectivity index (χ4v) is 3.26. The first-order valence-corrected chi connectivity index (χ1v) is 9.63. The Balaban J connectivity index is 1.68. The van der Waals surface area contributed by atoms with E-state index in [9.17, 15) is 14.7 Å². The quantitative estimate of drug-likeness (QED) is 0.447. The average molecular weight is 467 g/mol. The van der Waals surface area contributed by atoms with Crippen LogP contribution in [0.2, 0.25) is 15.2 Å². The first-order chi connectivity index (χ1) is 14.3. The number of aromatic nitrogens is 3. The molecule has 2 aromatic heterocycles. The molecule has 2 heterocycles. The Morgan fingerprint density at radius 1 is 1.03 bits per heavy atom. The van der Waals surface area contributed by atoms with Crippen LogP contribution >= 0.6 is 34.8 Å². The number of carbonyl (C=O) groups is 2. The van der Waals surface area contributed by atoms with Gasteiger partial charge in [0.05, 0.1) is 15.6 Å². The smallest absolute Gasteiger partial charge is 0.326 e. The molecule has 1 atom stereocenters. The molecule has 3 aromatic rings. The number of nitrogens with one attached hydrogen (secondary N) is 2. The van der Waals surface area contributed by atoms with Crippen LogP contribution in [-0.4, -0.2) is 38.0 Å². The van der Waals surface area contributed by atoms with Gasteiger partial charge in [-0.05, 0) is 17.7 Å². The maximum absolute atomic E-state index is 12.4. The van der Waals surface area contributed by atoms with E-state index in [0.717, 1.165) is 5.56 Å². The summed E-state index contributed by atoms with van der Waals surface area (Å²) in [5.74, 6) is -1.23. The number of pyridine rings is 1. The number of halogens is 3. The second-order valence-electron chi connectivity index (χ2n) is 6.09. The molecule has 11 heteroatoms. The molecule has 0 bridgehead atoms. The largest absolute Gasteiger partial charge is 0.480 e. The van der Waals surface area contributed by atoms with Gasteiger partial charge in [-0.2, -0.15) is 0 Å². The Morgan fingerprint density at radius 3 is 2.30 bits per heavy atom. The van der Waals surface area contributed by atoms with Crippen molar-refractivity contribution in [3.8, 4) is 0 Å². The highest BCUT2D eigenvalue weighted by atomic mass is 35.5. The third kappa shape index (κ3) is 5.56. The Bertz CT molecular complexity index is 1060. The van der Waals surface area contributed by atoms with Gasteiger partial charge >= 0.3 is 5.97 Å². The Hall–Kier alpha value is -2.94. The van der Waals surface area contributed by atoms with Crippen molar-refractivity contribution in [1.29, 1.82) is 0 Å². The van der Waals surface area contributed by atoms with Crippen molar-refractivity contribution in [3.63, 3.8) is 0 Å². The molecule has 3 N–H and O–H groups in total. The third-order valence-electron chi connectivity index (χ3n) is 3.99. The van der Waals surface area contributed by atoms with Gasteiger partial charge in [0, 0.05) is 30.6 Å². The number of carbonyl (C=O) groups excluding carboxylic acids is 1. The summed E-state index contributed by atoms with van der Waals surface area (Å²) in [6.07, 6.45) is 4.07. The van der Waals surface area contributed by atoms with E-state index in [1.54, 1.807) is 24.3 Å². The molecule has 1 amide bonds. The first-order valence-electron chi connectivity index (χ1n) is 8.49. The zero-order valence-electron chi connectivity index (χ0n) is 15.1. The molecule has 0 saturated heterocycles. The molecular formula is C19H14Cl3N5O3. The van der Waals surface area contributed by atoms with Gasteiger partial charge in [-0.15, -0.1) is 0 Å². The molecular weight excluding hydrogens is 453 g/mol. The van der Waals surface area contributed by atoms with Crippen molar-refractivity contribution in [2.45, 2.75) is 12.5 Å². The number of amides is 1. The van der Waals surface area contributed by atoms with E-state index in [0.29, 0.717) is 11.5 Å². The molecule has 1 aromatic carbocycles. The first kappa shape index (κ1) is 21.8. The molecule has 0 saturated carbocycles. The van der Waals surface area contributed by atoms with Crippen LogP contribution in [0.1, 0.15) is 15.9 Å². The molecule has 3 rings (SSSR count). The number of nitrogens with zero attached hydrogens (tertiary/aromatic N) is 3. The second-order valence-corrected chi connectivity index (χ2v) is 7.30. The number of rotatable bonds is 7. The van der Waals surface area contributed by atoms with Crippen molar-refractivity contribution in [3.05, 3.63) is 75.4 Å². The number of benzene rings is 1. The van der Waals surface area contributed by atoms with E-state index in [-0.39, 0.29) is 27.2 Å². The SMILES string of the molecule is O=C(Nc1ccc(C[C@H](Nc2cc(Cl)ncn2)C(=O)O)cc1)c1c(Cl)cncc1Cl. The highest BCUT2D eigenvalue weighted by Crippen LogP contribution is 2.24. The summed E-state index contributed by atoms with van der Waals surface area (Å²) in [5, 5.41) is 15.5. The van der Waals surface area contributed by atoms with Gasteiger partial charge in [0.2, 0.25) is 0 Å². The zero-order chi connectivity index (χ0) is 21.7. The van der Waals surface area contributed by atoms with Gasteiger partial charge in [-0.3, -0.25) is 9.78 Å². The predicted molar refractivity (Wildman–Crippen MR) is 114 cm³/mol. The summed E-state index contributed by atoms with van der Waals surface area (Å²) >= 11 is 17.8. The van der Waals surface area contributed by atoms with Crippen LogP contribution < -0.4 is 10.6 Å². The minimum absolute atomic E-state index is 0.121. The third-order valence-corrected chi connectivity index (χ3v) is 4.77. The topological polar surface area (TPSA) is 117 Å². The Labute approximate surface area is 186 Å². The Morgan fingerprint density at radius 2 is 1.70 bits per heavy atom. The van der Waals surface area contributed by atoms with E-state index in [1.165, 1.54) is 24.8 Å². The van der Waals surface area contributed by atoms with Crippen LogP contribution in [0.25, 0.3) is 0 Å². The van der Waals surface area contributed by atoms with Crippen LogP contribution in [0.4, 0.5) is 11.5 Å². The average Bonchev–Trinajstić information content (AvgIpc) is 2.69. The predicted octanol–water partition coefficient (Wildman–Crippen LogP) is 4.19. The monoisotopic (exact) mass is 465 g/mol. The molecule has 154 valence electrons. The summed E-state index contributed by atoms with van der Waals surface area (Å²) in [5.41, 5.74) is 1.35. The van der Waals surface area contributed by atoms with E-state index in [2.05, 4.69) is 25.6 Å². The second kappa shape index (κ2) is 9.71. The van der Waals surface area contributed by atoms with E-state index >= 15 is 0 Å². The normalized spacial score (nSPS) is 11.6. The van der Waals surface area contributed by atoms with Gasteiger partial charge in [-0.1, -0.05) is 46.9 Å². The lowest BCUT2D eigenvalue weighted by Gasteiger charge is -2.15. The molecule has 0 aliphatic heterocycles. The molecule has 8 nitrogen and oxygen atoms in total. The highest BCUT2D eigenvalue weighted by molar-refractivity contribution is 6.40. The number of hydrogen-bond donors (Lipinski definition) is 3. The minimum Gasteiger partial charge on any atom is -0.480 e. The number of aliphatic carboxylic acids is 1. The Kier molecular flexibility index (Phi) is 7.04. The van der Waals surface area contributed by atoms with Gasteiger partial charge in [-0.25, -0.2) is 14.8 Å². The fourth-order valence-electron chi connectivity index (χ4n) is 2.57. The number of carboxylic acids is 1. The molecule has 0 spiro atoms. The summed E-state index contributed by atoms with van der Waals surface area (Å²) in [7, 11) is 0. The van der Waals surface area contributed by atoms with Crippen molar-refractivity contribution < 1.29 is 14.7 Å². The van der Waals surface area contributed by atoms with E-state index in [4.69, 9.17) is 34.8 Å². The maximum atomic E-state index is 12.4. The number of carboxylic acid groups (broad SMARTS) is 1. The maximum Gasteiger partial charge on any atom is 0.326 e. The van der Waals surface area contributed by atoms with Gasteiger partial charge in [0.25, 0.3) is 5.91 Å². The van der Waals surface area contributed by atoms with Gasteiger partial charge < -0.3 is 15.7 Å². The van der Waals surface area contributed by atoms with Crippen LogP contribution in [0.5, 0.6) is 0 Å². The van der Waals surface area contributed by atoms with Crippen molar-refractivity contribution in [2.75, 3.05) is 10.6 Å². The lowest BCUT2D eigenvalue weighted by molar-refractivity contribution is -0.137. The number of hydrogen-bond acceptors (Lipinski definition) is 6. The lowest BCUT2D eigenvalue weighted by atomic mass is 10.1. The zero-order valence-corrected chi connectivity index (χ0v) is 17.4. The molecule has 0 aliphatic carbocycles.